The van der Waals surface area contributed by atoms with E-state index in [-0.39, 0.29) is 5.75 Å². The molecule has 0 aromatic heterocycles. The first kappa shape index (κ1) is 12.4. The third-order valence-corrected chi connectivity index (χ3v) is 3.07. The van der Waals surface area contributed by atoms with Crippen molar-refractivity contribution in [2.24, 2.45) is 0 Å². The van der Waals surface area contributed by atoms with E-state index in [1.165, 1.54) is 6.07 Å². The minimum absolute atomic E-state index is 0.192. The molecule has 0 N–H and O–H groups in total. The zero-order valence-corrected chi connectivity index (χ0v) is 11.1. The summed E-state index contributed by atoms with van der Waals surface area (Å²) in [6.45, 7) is 0. The fourth-order valence-electron chi connectivity index (χ4n) is 1.38. The molecule has 0 radical (unpaired) electrons. The van der Waals surface area contributed by atoms with Crippen molar-refractivity contribution in [2.45, 2.75) is 5.33 Å². The van der Waals surface area contributed by atoms with Crippen LogP contribution < -0.4 is 4.74 Å². The lowest BCUT2D eigenvalue weighted by molar-refractivity contribution is 0.439. The Morgan fingerprint density at radius 3 is 2.59 bits per heavy atom. The normalized spacial score (nSPS) is 10.3. The Hall–Kier alpha value is -1.06. The van der Waals surface area contributed by atoms with Crippen LogP contribution in [0.3, 0.4) is 0 Å². The first-order valence-corrected chi connectivity index (χ1v) is 6.47. The van der Waals surface area contributed by atoms with Crippen LogP contribution in [0.1, 0.15) is 5.56 Å². The number of para-hydroxylation sites is 1. The minimum Gasteiger partial charge on any atom is -0.454 e. The molecular weight excluding hydrogens is 306 g/mol. The summed E-state index contributed by atoms with van der Waals surface area (Å²) in [6.07, 6.45) is 0. The van der Waals surface area contributed by atoms with Gasteiger partial charge in [0, 0.05) is 15.9 Å². The lowest BCUT2D eigenvalue weighted by atomic mass is 10.2. The van der Waals surface area contributed by atoms with Gasteiger partial charge >= 0.3 is 0 Å². The van der Waals surface area contributed by atoms with Gasteiger partial charge in [0.15, 0.2) is 11.6 Å². The minimum atomic E-state index is -0.395. The predicted molar refractivity (Wildman–Crippen MR) is 70.6 cm³/mol. The molecule has 0 bridgehead atoms. The highest BCUT2D eigenvalue weighted by Crippen LogP contribution is 2.30. The van der Waals surface area contributed by atoms with Crippen LogP contribution in [0.15, 0.2) is 42.5 Å². The lowest BCUT2D eigenvalue weighted by Crippen LogP contribution is -1.91. The van der Waals surface area contributed by atoms with Crippen molar-refractivity contribution in [1.29, 1.82) is 0 Å². The molecule has 2 aromatic rings. The highest BCUT2D eigenvalue weighted by molar-refractivity contribution is 9.08. The molecule has 4 heteroatoms. The summed E-state index contributed by atoms with van der Waals surface area (Å²) in [6, 6.07) is 11.6. The molecule has 0 fully saturated rings. The van der Waals surface area contributed by atoms with Gasteiger partial charge in [-0.3, -0.25) is 0 Å². The van der Waals surface area contributed by atoms with Gasteiger partial charge in [0.05, 0.1) is 0 Å². The molecule has 2 aromatic carbocycles. The van der Waals surface area contributed by atoms with Crippen LogP contribution in [0.5, 0.6) is 11.5 Å². The number of hydrogen-bond acceptors (Lipinski definition) is 1. The van der Waals surface area contributed by atoms with Crippen molar-refractivity contribution in [2.75, 3.05) is 0 Å². The summed E-state index contributed by atoms with van der Waals surface area (Å²) in [5.41, 5.74) is 0.914. The Labute approximate surface area is 112 Å². The van der Waals surface area contributed by atoms with Crippen LogP contribution in [0.25, 0.3) is 0 Å². The standard InChI is InChI=1S/C13H9BrClFO/c14-8-9-5-6-10(15)7-13(9)17-12-4-2-1-3-11(12)16/h1-7H,8H2. The second kappa shape index (κ2) is 5.52. The zero-order valence-electron chi connectivity index (χ0n) is 8.79. The van der Waals surface area contributed by atoms with Crippen LogP contribution in [-0.4, -0.2) is 0 Å². The Morgan fingerprint density at radius 1 is 1.12 bits per heavy atom. The maximum Gasteiger partial charge on any atom is 0.165 e. The van der Waals surface area contributed by atoms with E-state index in [4.69, 9.17) is 16.3 Å². The number of alkyl halides is 1. The summed E-state index contributed by atoms with van der Waals surface area (Å²) in [4.78, 5) is 0. The van der Waals surface area contributed by atoms with Gasteiger partial charge < -0.3 is 4.74 Å². The van der Waals surface area contributed by atoms with Gasteiger partial charge in [-0.25, -0.2) is 4.39 Å². The molecule has 0 atom stereocenters. The smallest absolute Gasteiger partial charge is 0.165 e. The number of halogens is 3. The van der Waals surface area contributed by atoms with E-state index in [2.05, 4.69) is 15.9 Å². The SMILES string of the molecule is Fc1ccccc1Oc1cc(Cl)ccc1CBr. The van der Waals surface area contributed by atoms with E-state index in [0.29, 0.717) is 16.1 Å². The van der Waals surface area contributed by atoms with Crippen molar-refractivity contribution in [1.82, 2.24) is 0 Å². The van der Waals surface area contributed by atoms with Gasteiger partial charge in [-0.05, 0) is 24.3 Å². The maximum atomic E-state index is 13.4. The van der Waals surface area contributed by atoms with Gasteiger partial charge in [-0.2, -0.15) is 0 Å². The molecule has 0 aliphatic heterocycles. The molecule has 0 spiro atoms. The topological polar surface area (TPSA) is 9.23 Å². The monoisotopic (exact) mass is 314 g/mol. The van der Waals surface area contributed by atoms with Gasteiger partial charge in [0.25, 0.3) is 0 Å². The van der Waals surface area contributed by atoms with E-state index >= 15 is 0 Å². The van der Waals surface area contributed by atoms with Gasteiger partial charge in [-0.15, -0.1) is 0 Å². The van der Waals surface area contributed by atoms with Crippen LogP contribution in [-0.2, 0) is 5.33 Å². The summed E-state index contributed by atoms with van der Waals surface area (Å²) in [7, 11) is 0. The Kier molecular flexibility index (Phi) is 4.02. The summed E-state index contributed by atoms with van der Waals surface area (Å²) in [5.74, 6) is 0.351. The van der Waals surface area contributed by atoms with E-state index in [1.807, 2.05) is 6.07 Å². The third kappa shape index (κ3) is 2.99. The van der Waals surface area contributed by atoms with Crippen molar-refractivity contribution in [3.8, 4) is 11.5 Å². The molecule has 2 rings (SSSR count). The van der Waals surface area contributed by atoms with Crippen molar-refractivity contribution < 1.29 is 9.13 Å². The van der Waals surface area contributed by atoms with Crippen molar-refractivity contribution >= 4 is 27.5 Å². The first-order valence-electron chi connectivity index (χ1n) is 4.97. The number of benzene rings is 2. The summed E-state index contributed by atoms with van der Waals surface area (Å²) < 4.78 is 19.0. The molecule has 88 valence electrons. The molecule has 0 amide bonds. The highest BCUT2D eigenvalue weighted by Gasteiger charge is 2.08. The van der Waals surface area contributed by atoms with Gasteiger partial charge in [0.2, 0.25) is 0 Å². The summed E-state index contributed by atoms with van der Waals surface area (Å²) in [5, 5.41) is 1.18. The molecular formula is C13H9BrClFO. The average molecular weight is 316 g/mol. The van der Waals surface area contributed by atoms with E-state index in [0.717, 1.165) is 5.56 Å². The van der Waals surface area contributed by atoms with Gasteiger partial charge in [0.1, 0.15) is 5.75 Å². The van der Waals surface area contributed by atoms with Crippen LogP contribution >= 0.6 is 27.5 Å². The van der Waals surface area contributed by atoms with Crippen molar-refractivity contribution in [3.63, 3.8) is 0 Å². The highest BCUT2D eigenvalue weighted by atomic mass is 79.9. The number of ether oxygens (including phenoxy) is 1. The molecule has 0 heterocycles. The second-order valence-corrected chi connectivity index (χ2v) is 4.42. The van der Waals surface area contributed by atoms with E-state index < -0.39 is 5.82 Å². The third-order valence-electron chi connectivity index (χ3n) is 2.23. The second-order valence-electron chi connectivity index (χ2n) is 3.42. The fraction of sp³-hybridized carbons (Fsp3) is 0.0769. The molecule has 0 saturated heterocycles. The van der Waals surface area contributed by atoms with E-state index in [1.54, 1.807) is 30.3 Å². The fourth-order valence-corrected chi connectivity index (χ4v) is 2.01. The zero-order chi connectivity index (χ0) is 12.3. The molecule has 0 unspecified atom stereocenters. The van der Waals surface area contributed by atoms with Crippen LogP contribution in [0.2, 0.25) is 5.02 Å². The molecule has 0 saturated carbocycles. The Bertz CT molecular complexity index is 531. The number of hydrogen-bond donors (Lipinski definition) is 0. The average Bonchev–Trinajstić information content (AvgIpc) is 2.32. The molecule has 1 nitrogen and oxygen atoms in total. The molecule has 0 aliphatic carbocycles. The quantitative estimate of drug-likeness (QED) is 0.710. The van der Waals surface area contributed by atoms with E-state index in [9.17, 15) is 4.39 Å². The Balaban J connectivity index is 2.35. The van der Waals surface area contributed by atoms with Crippen molar-refractivity contribution in [3.05, 3.63) is 58.9 Å². The molecule has 17 heavy (non-hydrogen) atoms. The Morgan fingerprint density at radius 2 is 1.88 bits per heavy atom. The van der Waals surface area contributed by atoms with Gasteiger partial charge in [-0.1, -0.05) is 45.7 Å². The van der Waals surface area contributed by atoms with Crippen LogP contribution in [0, 0.1) is 5.82 Å². The lowest BCUT2D eigenvalue weighted by Gasteiger charge is -2.10. The maximum absolute atomic E-state index is 13.4. The number of rotatable bonds is 3. The van der Waals surface area contributed by atoms with Crippen LogP contribution in [0.4, 0.5) is 4.39 Å². The predicted octanol–water partition coefficient (Wildman–Crippen LogP) is 5.17. The first-order chi connectivity index (χ1) is 8.20. The summed E-state index contributed by atoms with van der Waals surface area (Å²) >= 11 is 9.24. The largest absolute Gasteiger partial charge is 0.454 e. The molecule has 0 aliphatic rings.